The van der Waals surface area contributed by atoms with Crippen LogP contribution in [0.15, 0.2) is 54.7 Å². The highest BCUT2D eigenvalue weighted by molar-refractivity contribution is 5.88. The van der Waals surface area contributed by atoms with Crippen molar-refractivity contribution in [3.05, 3.63) is 71.2 Å². The third kappa shape index (κ3) is 4.06. The molecule has 1 aromatic carbocycles. The minimum absolute atomic E-state index is 0.149. The van der Waals surface area contributed by atoms with Crippen molar-refractivity contribution in [3.8, 4) is 0 Å². The fraction of sp³-hybridized carbons (Fsp3) is 0.235. The summed E-state index contributed by atoms with van der Waals surface area (Å²) < 4.78 is 5.33. The van der Waals surface area contributed by atoms with Gasteiger partial charge in [0.1, 0.15) is 0 Å². The molecule has 6 nitrogen and oxygen atoms in total. The molecule has 0 saturated heterocycles. The van der Waals surface area contributed by atoms with Gasteiger partial charge < -0.3 is 14.8 Å². The summed E-state index contributed by atoms with van der Waals surface area (Å²) >= 11 is 0. The van der Waals surface area contributed by atoms with Crippen LogP contribution in [0, 0.1) is 5.21 Å². The number of ether oxygens (including phenoxy) is 1. The summed E-state index contributed by atoms with van der Waals surface area (Å²) in [4.78, 5) is 25.5. The van der Waals surface area contributed by atoms with Gasteiger partial charge in [-0.05, 0) is 18.6 Å². The summed E-state index contributed by atoms with van der Waals surface area (Å²) in [6.45, 7) is 1.47. The van der Waals surface area contributed by atoms with Crippen molar-refractivity contribution >= 4 is 11.9 Å². The maximum atomic E-state index is 12.1. The molecule has 23 heavy (non-hydrogen) atoms. The Morgan fingerprint density at radius 1 is 1.17 bits per heavy atom. The highest BCUT2D eigenvalue weighted by Crippen LogP contribution is 2.18. The van der Waals surface area contributed by atoms with Gasteiger partial charge in [-0.3, -0.25) is 4.79 Å². The number of likely N-dealkylation sites (N-methyl/N-ethyl adjacent to an activating group) is 1. The number of rotatable bonds is 5. The topological polar surface area (TPSA) is 73.5 Å². The monoisotopic (exact) mass is 314 g/mol. The van der Waals surface area contributed by atoms with Gasteiger partial charge >= 0.3 is 11.7 Å². The van der Waals surface area contributed by atoms with Crippen LogP contribution in [-0.2, 0) is 9.53 Å². The molecule has 2 aromatic rings. The summed E-state index contributed by atoms with van der Waals surface area (Å²) in [5.74, 6) is -1.17. The van der Waals surface area contributed by atoms with Gasteiger partial charge in [-0.2, -0.15) is 4.73 Å². The minimum Gasteiger partial charge on any atom is -0.618 e. The van der Waals surface area contributed by atoms with Crippen molar-refractivity contribution in [1.82, 2.24) is 4.90 Å². The second kappa shape index (κ2) is 7.40. The Kier molecular flexibility index (Phi) is 5.30. The normalized spacial score (nSPS) is 11.6. The first-order valence-corrected chi connectivity index (χ1v) is 7.16. The molecule has 1 atom stereocenters. The van der Waals surface area contributed by atoms with Gasteiger partial charge in [0.2, 0.25) is 0 Å². The maximum absolute atomic E-state index is 12.1. The third-order valence-corrected chi connectivity index (χ3v) is 3.62. The number of hydrogen-bond donors (Lipinski definition) is 0. The number of nitrogens with zero attached hydrogens (tertiary/aromatic N) is 2. The molecule has 0 aliphatic carbocycles. The summed E-state index contributed by atoms with van der Waals surface area (Å²) in [7, 11) is 1.64. The Hall–Kier alpha value is -2.89. The zero-order valence-corrected chi connectivity index (χ0v) is 13.0. The number of carbonyl (C=O) groups is 2. The maximum Gasteiger partial charge on any atom is 0.405 e. The highest BCUT2D eigenvalue weighted by Gasteiger charge is 2.21. The van der Waals surface area contributed by atoms with E-state index in [0.29, 0.717) is 4.73 Å². The third-order valence-electron chi connectivity index (χ3n) is 3.62. The van der Waals surface area contributed by atoms with Crippen molar-refractivity contribution < 1.29 is 19.1 Å². The second-order valence-corrected chi connectivity index (χ2v) is 5.08. The number of benzene rings is 1. The van der Waals surface area contributed by atoms with Crippen LogP contribution in [-0.4, -0.2) is 30.4 Å². The van der Waals surface area contributed by atoms with E-state index in [2.05, 4.69) is 0 Å². The van der Waals surface area contributed by atoms with Gasteiger partial charge in [-0.1, -0.05) is 30.3 Å². The molecule has 6 heteroatoms. The first-order valence-electron chi connectivity index (χ1n) is 7.16. The Labute approximate surface area is 134 Å². The van der Waals surface area contributed by atoms with Crippen LogP contribution in [0.3, 0.4) is 0 Å². The van der Waals surface area contributed by atoms with Crippen molar-refractivity contribution in [2.45, 2.75) is 13.0 Å². The SMILES string of the molecule is C[C@@H](c1ccccc1)N(C)C(=O)COC(=O)c1cccc[n+]1[O-]. The van der Waals surface area contributed by atoms with E-state index in [-0.39, 0.29) is 17.6 Å². The van der Waals surface area contributed by atoms with Crippen molar-refractivity contribution in [2.24, 2.45) is 0 Å². The average molecular weight is 314 g/mol. The number of amides is 1. The molecule has 1 heterocycles. The predicted octanol–water partition coefficient (Wildman–Crippen LogP) is 1.70. The highest BCUT2D eigenvalue weighted by atomic mass is 16.5. The summed E-state index contributed by atoms with van der Waals surface area (Å²) in [5, 5.41) is 11.5. The number of esters is 1. The van der Waals surface area contributed by atoms with Crippen LogP contribution in [0.2, 0.25) is 0 Å². The molecule has 0 saturated carbocycles. The van der Waals surface area contributed by atoms with Gasteiger partial charge in [0.25, 0.3) is 5.91 Å². The molecule has 1 amide bonds. The Morgan fingerprint density at radius 2 is 1.83 bits per heavy atom. The molecular weight excluding hydrogens is 296 g/mol. The van der Waals surface area contributed by atoms with Gasteiger partial charge in [-0.15, -0.1) is 0 Å². The second-order valence-electron chi connectivity index (χ2n) is 5.08. The average Bonchev–Trinajstić information content (AvgIpc) is 2.59. The first-order chi connectivity index (χ1) is 11.0. The fourth-order valence-electron chi connectivity index (χ4n) is 2.06. The molecule has 120 valence electrons. The molecule has 0 unspecified atom stereocenters. The van der Waals surface area contributed by atoms with Crippen LogP contribution in [0.25, 0.3) is 0 Å². The molecule has 0 aliphatic heterocycles. The van der Waals surface area contributed by atoms with Crippen LogP contribution < -0.4 is 4.73 Å². The number of pyridine rings is 1. The van der Waals surface area contributed by atoms with Crippen LogP contribution in [0.1, 0.15) is 29.0 Å². The summed E-state index contributed by atoms with van der Waals surface area (Å²) in [6.07, 6.45) is 1.20. The molecule has 0 N–H and O–H groups in total. The Balaban J connectivity index is 1.94. The van der Waals surface area contributed by atoms with Crippen LogP contribution >= 0.6 is 0 Å². The lowest BCUT2D eigenvalue weighted by Gasteiger charge is -2.25. The number of hydrogen-bond acceptors (Lipinski definition) is 4. The largest absolute Gasteiger partial charge is 0.618 e. The lowest BCUT2D eigenvalue weighted by atomic mass is 10.1. The molecule has 0 spiro atoms. The standard InChI is InChI=1S/C17H18N2O4/c1-13(14-8-4-3-5-9-14)18(2)16(20)12-23-17(21)15-10-6-7-11-19(15)22/h3-11,13H,12H2,1-2H3/t13-/m0/s1. The van der Waals surface area contributed by atoms with Gasteiger partial charge in [0.15, 0.2) is 12.8 Å². The van der Waals surface area contributed by atoms with Gasteiger partial charge in [0.05, 0.1) is 6.04 Å². The van der Waals surface area contributed by atoms with E-state index in [9.17, 15) is 14.8 Å². The zero-order chi connectivity index (χ0) is 16.8. The minimum atomic E-state index is -0.824. The summed E-state index contributed by atoms with van der Waals surface area (Å²) in [6, 6.07) is 13.8. The fourth-order valence-corrected chi connectivity index (χ4v) is 2.06. The molecular formula is C17H18N2O4. The lowest BCUT2D eigenvalue weighted by molar-refractivity contribution is -0.608. The Morgan fingerprint density at radius 3 is 2.48 bits per heavy atom. The quantitative estimate of drug-likeness (QED) is 0.478. The molecule has 0 fully saturated rings. The van der Waals surface area contributed by atoms with Crippen molar-refractivity contribution in [2.75, 3.05) is 13.7 Å². The zero-order valence-electron chi connectivity index (χ0n) is 13.0. The van der Waals surface area contributed by atoms with Crippen molar-refractivity contribution in [1.29, 1.82) is 0 Å². The van der Waals surface area contributed by atoms with Gasteiger partial charge in [-0.25, -0.2) is 4.79 Å². The predicted molar refractivity (Wildman–Crippen MR) is 83.3 cm³/mol. The van der Waals surface area contributed by atoms with Crippen molar-refractivity contribution in [3.63, 3.8) is 0 Å². The number of carbonyl (C=O) groups excluding carboxylic acids is 2. The lowest BCUT2D eigenvalue weighted by Crippen LogP contribution is -2.37. The summed E-state index contributed by atoms with van der Waals surface area (Å²) in [5.41, 5.74) is 0.828. The van der Waals surface area contributed by atoms with E-state index < -0.39 is 12.6 Å². The van der Waals surface area contributed by atoms with E-state index in [0.717, 1.165) is 5.56 Å². The molecule has 0 aliphatic rings. The van der Waals surface area contributed by atoms with Gasteiger partial charge in [0, 0.05) is 19.2 Å². The Bertz CT molecular complexity index is 688. The number of aromatic nitrogens is 1. The van der Waals surface area contributed by atoms with E-state index in [4.69, 9.17) is 4.74 Å². The van der Waals surface area contributed by atoms with E-state index in [1.54, 1.807) is 13.1 Å². The van der Waals surface area contributed by atoms with E-state index in [1.165, 1.54) is 23.2 Å². The first kappa shape index (κ1) is 16.5. The molecule has 0 bridgehead atoms. The van der Waals surface area contributed by atoms with Crippen LogP contribution in [0.4, 0.5) is 0 Å². The molecule has 0 radical (unpaired) electrons. The molecule has 1 aromatic heterocycles. The van der Waals surface area contributed by atoms with E-state index in [1.807, 2.05) is 37.3 Å². The smallest absolute Gasteiger partial charge is 0.405 e. The van der Waals surface area contributed by atoms with Crippen LogP contribution in [0.5, 0.6) is 0 Å². The molecule has 2 rings (SSSR count). The van der Waals surface area contributed by atoms with E-state index >= 15 is 0 Å².